The van der Waals surface area contributed by atoms with Crippen molar-refractivity contribution in [2.75, 3.05) is 19.7 Å². The lowest BCUT2D eigenvalue weighted by atomic mass is 9.99. The molecule has 1 aliphatic heterocycles. The highest BCUT2D eigenvalue weighted by atomic mass is 16.5. The zero-order chi connectivity index (χ0) is 19.3. The number of ether oxygens (including phenoxy) is 1. The molecule has 0 spiro atoms. The van der Waals surface area contributed by atoms with E-state index >= 15 is 0 Å². The van der Waals surface area contributed by atoms with Gasteiger partial charge in [0.1, 0.15) is 18.1 Å². The van der Waals surface area contributed by atoms with E-state index in [1.165, 1.54) is 0 Å². The van der Waals surface area contributed by atoms with Gasteiger partial charge in [-0.25, -0.2) is 4.98 Å². The van der Waals surface area contributed by atoms with Crippen molar-refractivity contribution in [1.82, 2.24) is 14.5 Å². The van der Waals surface area contributed by atoms with Crippen LogP contribution in [0.5, 0.6) is 5.75 Å². The third-order valence-electron chi connectivity index (χ3n) is 5.44. The molecule has 1 aromatic heterocycles. The molecule has 5 heteroatoms. The van der Waals surface area contributed by atoms with E-state index in [0.29, 0.717) is 19.1 Å². The number of likely N-dealkylation sites (tertiary alicyclic amines) is 1. The van der Waals surface area contributed by atoms with E-state index in [2.05, 4.69) is 16.5 Å². The Labute approximate surface area is 165 Å². The van der Waals surface area contributed by atoms with Crippen LogP contribution in [0.2, 0.25) is 0 Å². The van der Waals surface area contributed by atoms with Crippen LogP contribution in [0.25, 0.3) is 11.0 Å². The quantitative estimate of drug-likeness (QED) is 0.654. The molecule has 2 heterocycles. The van der Waals surface area contributed by atoms with Gasteiger partial charge in [0.15, 0.2) is 0 Å². The van der Waals surface area contributed by atoms with Gasteiger partial charge in [0.05, 0.1) is 17.6 Å². The molecule has 5 nitrogen and oxygen atoms in total. The molecular formula is C23H27N3O2. The third-order valence-corrected chi connectivity index (χ3v) is 5.44. The number of nitrogens with zero attached hydrogens (tertiary/aromatic N) is 3. The molecule has 1 atom stereocenters. The minimum absolute atomic E-state index is 0.169. The van der Waals surface area contributed by atoms with Crippen LogP contribution in [0.15, 0.2) is 54.6 Å². The van der Waals surface area contributed by atoms with Gasteiger partial charge in [-0.15, -0.1) is 0 Å². The highest BCUT2D eigenvalue weighted by Crippen LogP contribution is 2.21. The normalized spacial score (nSPS) is 17.0. The topological polar surface area (TPSA) is 47.4 Å². The molecule has 0 saturated carbocycles. The molecule has 28 heavy (non-hydrogen) atoms. The molecule has 0 aliphatic carbocycles. The summed E-state index contributed by atoms with van der Waals surface area (Å²) >= 11 is 0. The predicted molar refractivity (Wildman–Crippen MR) is 110 cm³/mol. The zero-order valence-corrected chi connectivity index (χ0v) is 16.4. The predicted octanol–water partition coefficient (Wildman–Crippen LogP) is 3.92. The summed E-state index contributed by atoms with van der Waals surface area (Å²) in [4.78, 5) is 19.7. The Morgan fingerprint density at radius 2 is 1.93 bits per heavy atom. The third kappa shape index (κ3) is 4.03. The monoisotopic (exact) mass is 377 g/mol. The van der Waals surface area contributed by atoms with Gasteiger partial charge in [-0.1, -0.05) is 37.3 Å². The number of rotatable bonds is 6. The van der Waals surface area contributed by atoms with Crippen LogP contribution >= 0.6 is 0 Å². The molecule has 0 radical (unpaired) electrons. The smallest absolute Gasteiger partial charge is 0.242 e. The number of para-hydroxylation sites is 3. The summed E-state index contributed by atoms with van der Waals surface area (Å²) < 4.78 is 7.99. The summed E-state index contributed by atoms with van der Waals surface area (Å²) in [7, 11) is 0. The van der Waals surface area contributed by atoms with Crippen molar-refractivity contribution in [2.45, 2.75) is 32.7 Å². The lowest BCUT2D eigenvalue weighted by Gasteiger charge is -2.33. The average molecular weight is 377 g/mol. The summed E-state index contributed by atoms with van der Waals surface area (Å²) in [6.07, 6.45) is 2.94. The number of hydrogen-bond acceptors (Lipinski definition) is 3. The fraction of sp³-hybridized carbons (Fsp3) is 0.391. The fourth-order valence-electron chi connectivity index (χ4n) is 3.97. The van der Waals surface area contributed by atoms with Crippen molar-refractivity contribution in [1.29, 1.82) is 0 Å². The highest BCUT2D eigenvalue weighted by molar-refractivity contribution is 5.81. The number of piperidine rings is 1. The van der Waals surface area contributed by atoms with E-state index in [-0.39, 0.29) is 5.91 Å². The lowest BCUT2D eigenvalue weighted by molar-refractivity contribution is -0.133. The SMILES string of the molecule is CCc1nc2ccccc2n1CC(=O)N1CCCC(COc2ccccc2)C1. The largest absolute Gasteiger partial charge is 0.493 e. The Morgan fingerprint density at radius 3 is 2.75 bits per heavy atom. The van der Waals surface area contributed by atoms with Crippen molar-refractivity contribution < 1.29 is 9.53 Å². The Kier molecular flexibility index (Phi) is 5.60. The number of carbonyl (C=O) groups is 1. The van der Waals surface area contributed by atoms with Crippen molar-refractivity contribution in [3.05, 3.63) is 60.4 Å². The Morgan fingerprint density at radius 1 is 1.14 bits per heavy atom. The summed E-state index contributed by atoms with van der Waals surface area (Å²) in [6, 6.07) is 17.9. The zero-order valence-electron chi connectivity index (χ0n) is 16.4. The Bertz CT molecular complexity index is 935. The second-order valence-electron chi connectivity index (χ2n) is 7.43. The molecule has 1 fully saturated rings. The van der Waals surface area contributed by atoms with E-state index in [4.69, 9.17) is 4.74 Å². The van der Waals surface area contributed by atoms with Crippen LogP contribution in [0.1, 0.15) is 25.6 Å². The van der Waals surface area contributed by atoms with Gasteiger partial charge >= 0.3 is 0 Å². The maximum absolute atomic E-state index is 13.0. The first-order valence-electron chi connectivity index (χ1n) is 10.1. The number of imidazole rings is 1. The van der Waals surface area contributed by atoms with Gasteiger partial charge in [-0.3, -0.25) is 4.79 Å². The highest BCUT2D eigenvalue weighted by Gasteiger charge is 2.25. The van der Waals surface area contributed by atoms with Crippen LogP contribution in [0.3, 0.4) is 0 Å². The molecule has 4 rings (SSSR count). The molecule has 0 N–H and O–H groups in total. The Hall–Kier alpha value is -2.82. The van der Waals surface area contributed by atoms with Gasteiger partial charge in [-0.05, 0) is 37.1 Å². The second-order valence-corrected chi connectivity index (χ2v) is 7.43. The maximum atomic E-state index is 13.0. The summed E-state index contributed by atoms with van der Waals surface area (Å²) in [5.41, 5.74) is 1.99. The summed E-state index contributed by atoms with van der Waals surface area (Å²) in [5.74, 6) is 2.41. The van der Waals surface area contributed by atoms with Crippen molar-refractivity contribution in [3.63, 3.8) is 0 Å². The first-order valence-corrected chi connectivity index (χ1v) is 10.1. The van der Waals surface area contributed by atoms with E-state index < -0.39 is 0 Å². The molecule has 2 aromatic carbocycles. The molecule has 1 unspecified atom stereocenters. The minimum Gasteiger partial charge on any atom is -0.493 e. The Balaban J connectivity index is 1.41. The van der Waals surface area contributed by atoms with E-state index in [1.54, 1.807) is 0 Å². The standard InChI is InChI=1S/C23H27N3O2/c1-2-22-24-20-12-6-7-13-21(20)26(22)16-23(27)25-14-8-9-18(15-25)17-28-19-10-4-3-5-11-19/h3-7,10-13,18H,2,8-9,14-17H2,1H3. The number of hydrogen-bond donors (Lipinski definition) is 0. The molecule has 1 amide bonds. The van der Waals surface area contributed by atoms with Crippen molar-refractivity contribution in [3.8, 4) is 5.75 Å². The van der Waals surface area contributed by atoms with Gasteiger partial charge in [0.25, 0.3) is 0 Å². The number of benzene rings is 2. The minimum atomic E-state index is 0.169. The van der Waals surface area contributed by atoms with Gasteiger partial charge < -0.3 is 14.2 Å². The summed E-state index contributed by atoms with van der Waals surface area (Å²) in [6.45, 7) is 4.69. The second kappa shape index (κ2) is 8.46. The molecule has 146 valence electrons. The molecule has 1 saturated heterocycles. The molecular weight excluding hydrogens is 350 g/mol. The van der Waals surface area contributed by atoms with Crippen LogP contribution in [0.4, 0.5) is 0 Å². The lowest BCUT2D eigenvalue weighted by Crippen LogP contribution is -2.43. The number of fused-ring (bicyclic) bond motifs is 1. The van der Waals surface area contributed by atoms with Crippen LogP contribution in [0, 0.1) is 5.92 Å². The first kappa shape index (κ1) is 18.5. The van der Waals surface area contributed by atoms with Crippen LogP contribution in [-0.2, 0) is 17.8 Å². The van der Waals surface area contributed by atoms with E-state index in [1.807, 2.05) is 59.5 Å². The number of aromatic nitrogens is 2. The molecule has 1 aliphatic rings. The van der Waals surface area contributed by atoms with E-state index in [0.717, 1.165) is 55.0 Å². The van der Waals surface area contributed by atoms with Crippen molar-refractivity contribution in [2.24, 2.45) is 5.92 Å². The van der Waals surface area contributed by atoms with Gasteiger partial charge in [0.2, 0.25) is 5.91 Å². The van der Waals surface area contributed by atoms with E-state index in [9.17, 15) is 4.79 Å². The summed E-state index contributed by atoms with van der Waals surface area (Å²) in [5, 5.41) is 0. The fourth-order valence-corrected chi connectivity index (χ4v) is 3.97. The molecule has 0 bridgehead atoms. The van der Waals surface area contributed by atoms with Crippen LogP contribution < -0.4 is 4.74 Å². The maximum Gasteiger partial charge on any atom is 0.242 e. The van der Waals surface area contributed by atoms with Crippen molar-refractivity contribution >= 4 is 16.9 Å². The van der Waals surface area contributed by atoms with Crippen LogP contribution in [-0.4, -0.2) is 40.1 Å². The van der Waals surface area contributed by atoms with Gasteiger partial charge in [0, 0.05) is 25.4 Å². The number of amides is 1. The molecule has 3 aromatic rings. The number of carbonyl (C=O) groups excluding carboxylic acids is 1. The number of aryl methyl sites for hydroxylation is 1. The van der Waals surface area contributed by atoms with Gasteiger partial charge in [-0.2, -0.15) is 0 Å². The first-order chi connectivity index (χ1) is 13.7. The average Bonchev–Trinajstić information content (AvgIpc) is 3.11.